The zero-order valence-corrected chi connectivity index (χ0v) is 14.7. The first-order valence-corrected chi connectivity index (χ1v) is 9.30. The molecule has 0 amide bonds. The second kappa shape index (κ2) is 7.14. The van der Waals surface area contributed by atoms with E-state index in [2.05, 4.69) is 5.10 Å². The highest BCUT2D eigenvalue weighted by molar-refractivity contribution is 7.92. The van der Waals surface area contributed by atoms with Gasteiger partial charge in [0.25, 0.3) is 0 Å². The first-order chi connectivity index (χ1) is 12.7. The highest BCUT2D eigenvalue weighted by atomic mass is 32.2. The number of hydrogen-bond acceptors (Lipinski definition) is 5. The Morgan fingerprint density at radius 3 is 2.52 bits per heavy atom. The second-order valence-corrected chi connectivity index (χ2v) is 7.13. The lowest BCUT2D eigenvalue weighted by Crippen LogP contribution is -2.08. The maximum atomic E-state index is 13.1. The van der Waals surface area contributed by atoms with Gasteiger partial charge in [-0.15, -0.1) is 0 Å². The molecule has 27 heavy (non-hydrogen) atoms. The van der Waals surface area contributed by atoms with Crippen LogP contribution in [-0.4, -0.2) is 24.0 Å². The minimum Gasteiger partial charge on any atom is -0.383 e. The van der Waals surface area contributed by atoms with Gasteiger partial charge in [-0.1, -0.05) is 18.2 Å². The summed E-state index contributed by atoms with van der Waals surface area (Å²) in [6, 6.07) is 11.8. The number of ketones is 1. The molecule has 0 atom stereocenters. The standard InChI is InChI=1S/C18H15FN4O3S/c19-14-4-6-15(7-5-14)23-18(20)16(11-22-23)17(24)13-3-1-2-12(10-13)8-9-27(21,25)26/h1-11H,20H2,(H2,21,25,26)/b9-8+. The number of benzene rings is 2. The normalized spacial score (nSPS) is 11.8. The third-order valence-electron chi connectivity index (χ3n) is 3.72. The van der Waals surface area contributed by atoms with Crippen molar-refractivity contribution in [2.45, 2.75) is 0 Å². The Bertz CT molecular complexity index is 1140. The van der Waals surface area contributed by atoms with Gasteiger partial charge in [0.05, 0.1) is 17.4 Å². The predicted octanol–water partition coefficient (Wildman–Crippen LogP) is 2.08. The van der Waals surface area contributed by atoms with E-state index in [1.165, 1.54) is 47.3 Å². The van der Waals surface area contributed by atoms with E-state index < -0.39 is 15.8 Å². The minimum atomic E-state index is -3.77. The van der Waals surface area contributed by atoms with E-state index in [1.807, 2.05) is 0 Å². The number of carbonyl (C=O) groups excluding carboxylic acids is 1. The third kappa shape index (κ3) is 4.27. The number of nitrogen functional groups attached to an aromatic ring is 1. The van der Waals surface area contributed by atoms with Gasteiger partial charge in [0.1, 0.15) is 11.6 Å². The number of primary sulfonamides is 1. The molecule has 0 aliphatic rings. The number of nitrogens with zero attached hydrogens (tertiary/aromatic N) is 2. The molecule has 7 nitrogen and oxygen atoms in total. The highest BCUT2D eigenvalue weighted by Crippen LogP contribution is 2.21. The Hall–Kier alpha value is -3.30. The van der Waals surface area contributed by atoms with Crippen LogP contribution in [0, 0.1) is 5.82 Å². The summed E-state index contributed by atoms with van der Waals surface area (Å²) < 4.78 is 36.4. The quantitative estimate of drug-likeness (QED) is 0.650. The largest absolute Gasteiger partial charge is 0.383 e. The van der Waals surface area contributed by atoms with Crippen LogP contribution in [0.5, 0.6) is 0 Å². The van der Waals surface area contributed by atoms with Gasteiger partial charge in [0, 0.05) is 11.0 Å². The molecule has 0 radical (unpaired) electrons. The Morgan fingerprint density at radius 1 is 1.15 bits per heavy atom. The average Bonchev–Trinajstić information content (AvgIpc) is 3.01. The predicted molar refractivity (Wildman–Crippen MR) is 100.0 cm³/mol. The summed E-state index contributed by atoms with van der Waals surface area (Å²) in [6.07, 6.45) is 2.62. The smallest absolute Gasteiger partial charge is 0.231 e. The molecular formula is C18H15FN4O3S. The second-order valence-electron chi connectivity index (χ2n) is 5.68. The molecule has 3 rings (SSSR count). The van der Waals surface area contributed by atoms with E-state index in [0.29, 0.717) is 16.8 Å². The van der Waals surface area contributed by atoms with Crippen LogP contribution in [0.3, 0.4) is 0 Å². The SMILES string of the molecule is Nc1c(C(=O)c2cccc(/C=C/S(N)(=O)=O)c2)cnn1-c1ccc(F)cc1. The number of hydrogen-bond donors (Lipinski definition) is 2. The number of aromatic nitrogens is 2. The number of rotatable bonds is 5. The van der Waals surface area contributed by atoms with Crippen molar-refractivity contribution in [3.8, 4) is 5.69 Å². The molecule has 0 aliphatic heterocycles. The van der Waals surface area contributed by atoms with Gasteiger partial charge in [-0.05, 0) is 42.0 Å². The van der Waals surface area contributed by atoms with Crippen molar-refractivity contribution in [2.75, 3.05) is 5.73 Å². The van der Waals surface area contributed by atoms with Crippen LogP contribution in [0.15, 0.2) is 60.1 Å². The number of carbonyl (C=O) groups is 1. The van der Waals surface area contributed by atoms with E-state index in [-0.39, 0.29) is 17.2 Å². The van der Waals surface area contributed by atoms with E-state index in [4.69, 9.17) is 10.9 Å². The summed E-state index contributed by atoms with van der Waals surface area (Å²) in [6.45, 7) is 0. The summed E-state index contributed by atoms with van der Waals surface area (Å²) >= 11 is 0. The number of nitrogens with two attached hydrogens (primary N) is 2. The fourth-order valence-electron chi connectivity index (χ4n) is 2.43. The molecule has 0 saturated heterocycles. The number of sulfonamides is 1. The first-order valence-electron chi connectivity index (χ1n) is 7.70. The Labute approximate surface area is 154 Å². The molecule has 138 valence electrons. The van der Waals surface area contributed by atoms with Gasteiger partial charge in [-0.3, -0.25) is 4.79 Å². The summed E-state index contributed by atoms with van der Waals surface area (Å²) in [5.41, 5.74) is 7.51. The molecule has 1 heterocycles. The maximum Gasteiger partial charge on any atom is 0.231 e. The molecule has 0 spiro atoms. The molecule has 0 aliphatic carbocycles. The Morgan fingerprint density at radius 2 is 1.85 bits per heavy atom. The van der Waals surface area contributed by atoms with E-state index in [9.17, 15) is 17.6 Å². The summed E-state index contributed by atoms with van der Waals surface area (Å²) in [5, 5.41) is 9.86. The zero-order valence-electron chi connectivity index (χ0n) is 13.9. The van der Waals surface area contributed by atoms with Gasteiger partial charge in [-0.2, -0.15) is 5.10 Å². The molecule has 0 bridgehead atoms. The molecular weight excluding hydrogens is 371 g/mol. The maximum absolute atomic E-state index is 13.1. The third-order valence-corrected chi connectivity index (χ3v) is 4.24. The van der Waals surface area contributed by atoms with Crippen LogP contribution in [-0.2, 0) is 10.0 Å². The topological polar surface area (TPSA) is 121 Å². The monoisotopic (exact) mass is 386 g/mol. The van der Waals surface area contributed by atoms with Crippen molar-refractivity contribution in [2.24, 2.45) is 5.14 Å². The number of halogens is 1. The van der Waals surface area contributed by atoms with E-state index >= 15 is 0 Å². The van der Waals surface area contributed by atoms with Crippen LogP contribution in [0.2, 0.25) is 0 Å². The molecule has 3 aromatic rings. The molecule has 4 N–H and O–H groups in total. The lowest BCUT2D eigenvalue weighted by molar-refractivity contribution is 0.103. The fraction of sp³-hybridized carbons (Fsp3) is 0. The molecule has 0 fully saturated rings. The summed E-state index contributed by atoms with van der Waals surface area (Å²) in [5.74, 6) is -0.672. The average molecular weight is 386 g/mol. The van der Waals surface area contributed by atoms with E-state index in [0.717, 1.165) is 5.41 Å². The minimum absolute atomic E-state index is 0.108. The van der Waals surface area contributed by atoms with E-state index in [1.54, 1.807) is 18.2 Å². The van der Waals surface area contributed by atoms with Gasteiger partial charge in [-0.25, -0.2) is 22.6 Å². The van der Waals surface area contributed by atoms with Crippen molar-refractivity contribution in [1.82, 2.24) is 9.78 Å². The Balaban J connectivity index is 1.93. The van der Waals surface area contributed by atoms with Crippen molar-refractivity contribution < 1.29 is 17.6 Å². The van der Waals surface area contributed by atoms with Gasteiger partial charge < -0.3 is 5.73 Å². The zero-order chi connectivity index (χ0) is 19.6. The van der Waals surface area contributed by atoms with Crippen LogP contribution in [0.4, 0.5) is 10.2 Å². The van der Waals surface area contributed by atoms with Crippen molar-refractivity contribution in [1.29, 1.82) is 0 Å². The van der Waals surface area contributed by atoms with Crippen LogP contribution in [0.1, 0.15) is 21.5 Å². The van der Waals surface area contributed by atoms with Gasteiger partial charge in [0.15, 0.2) is 5.78 Å². The lowest BCUT2D eigenvalue weighted by Gasteiger charge is -2.05. The number of anilines is 1. The van der Waals surface area contributed by atoms with Crippen molar-refractivity contribution >= 4 is 27.7 Å². The van der Waals surface area contributed by atoms with Crippen molar-refractivity contribution in [3.63, 3.8) is 0 Å². The molecule has 2 aromatic carbocycles. The van der Waals surface area contributed by atoms with Gasteiger partial charge in [0.2, 0.25) is 10.0 Å². The van der Waals surface area contributed by atoms with Crippen LogP contribution in [0.25, 0.3) is 11.8 Å². The summed E-state index contributed by atoms with van der Waals surface area (Å²) in [4.78, 5) is 12.8. The lowest BCUT2D eigenvalue weighted by atomic mass is 10.0. The fourth-order valence-corrected chi connectivity index (χ4v) is 2.78. The molecule has 9 heteroatoms. The molecule has 1 aromatic heterocycles. The molecule has 0 saturated carbocycles. The first kappa shape index (κ1) is 18.5. The molecule has 0 unspecified atom stereocenters. The van der Waals surface area contributed by atoms with Crippen LogP contribution < -0.4 is 10.9 Å². The van der Waals surface area contributed by atoms with Gasteiger partial charge >= 0.3 is 0 Å². The van der Waals surface area contributed by atoms with Crippen LogP contribution >= 0.6 is 0 Å². The van der Waals surface area contributed by atoms with Crippen molar-refractivity contribution in [3.05, 3.63) is 82.6 Å². The Kier molecular flexibility index (Phi) is 4.89. The highest BCUT2D eigenvalue weighted by Gasteiger charge is 2.18. The summed E-state index contributed by atoms with van der Waals surface area (Å²) in [7, 11) is -3.77.